The molecule has 5 N–H and O–H groups in total. The normalized spacial score (nSPS) is 11.0. The van der Waals surface area contributed by atoms with E-state index in [0.29, 0.717) is 11.3 Å². The first-order valence-electron chi connectivity index (χ1n) is 6.55. The summed E-state index contributed by atoms with van der Waals surface area (Å²) in [5, 5.41) is 28.5. The Balaban J connectivity index is 0.000000399. The number of aromatic hydroxyl groups is 3. The Bertz CT molecular complexity index is 1060. The second-order valence-corrected chi connectivity index (χ2v) is 5.65. The lowest BCUT2D eigenvalue weighted by Crippen LogP contribution is -2.00. The van der Waals surface area contributed by atoms with Gasteiger partial charge in [0.25, 0.3) is 0 Å². The third-order valence-electron chi connectivity index (χ3n) is 3.00. The summed E-state index contributed by atoms with van der Waals surface area (Å²) < 4.78 is 37.1. The molecule has 0 radical (unpaired) electrons. The lowest BCUT2D eigenvalue weighted by atomic mass is 10.1. The fraction of sp³-hybridized carbons (Fsp3) is 0. The van der Waals surface area contributed by atoms with E-state index in [1.165, 1.54) is 6.07 Å². The number of phenolic OH excluding ortho intramolecular Hbond substituents is 3. The number of hydrogen-bond donors (Lipinski definition) is 5. The summed E-state index contributed by atoms with van der Waals surface area (Å²) in [6, 6.07) is 11.3. The fourth-order valence-electron chi connectivity index (χ4n) is 2.02. The van der Waals surface area contributed by atoms with Crippen molar-refractivity contribution in [3.05, 3.63) is 52.7 Å². The van der Waals surface area contributed by atoms with Gasteiger partial charge in [-0.1, -0.05) is 30.3 Å². The van der Waals surface area contributed by atoms with Crippen molar-refractivity contribution in [3.8, 4) is 28.6 Å². The van der Waals surface area contributed by atoms with Gasteiger partial charge in [0.1, 0.15) is 16.7 Å². The van der Waals surface area contributed by atoms with Gasteiger partial charge in [-0.2, -0.15) is 8.42 Å². The van der Waals surface area contributed by atoms with Gasteiger partial charge in [0.15, 0.2) is 16.9 Å². The maximum Gasteiger partial charge on any atom is 0.394 e. The van der Waals surface area contributed by atoms with Crippen LogP contribution in [0.15, 0.2) is 51.7 Å². The maximum atomic E-state index is 12.0. The number of benzene rings is 2. The van der Waals surface area contributed by atoms with Crippen LogP contribution >= 0.6 is 0 Å². The number of hydrogen-bond acceptors (Lipinski definition) is 7. The number of fused-ring (bicyclic) bond motifs is 1. The van der Waals surface area contributed by atoms with E-state index in [1.54, 1.807) is 24.3 Å². The zero-order chi connectivity index (χ0) is 18.8. The topological polar surface area (TPSA) is 166 Å². The molecule has 3 aromatic rings. The highest BCUT2D eigenvalue weighted by Gasteiger charge is 2.17. The minimum absolute atomic E-state index is 0.00385. The van der Waals surface area contributed by atoms with Crippen LogP contribution in [0.25, 0.3) is 22.3 Å². The zero-order valence-corrected chi connectivity index (χ0v) is 13.1. The highest BCUT2D eigenvalue weighted by Crippen LogP contribution is 2.40. The van der Waals surface area contributed by atoms with Gasteiger partial charge in [0.2, 0.25) is 5.75 Å². The van der Waals surface area contributed by atoms with E-state index >= 15 is 0 Å². The van der Waals surface area contributed by atoms with Crippen molar-refractivity contribution in [2.45, 2.75) is 0 Å². The molecule has 0 amide bonds. The molecule has 2 aromatic carbocycles. The molecule has 0 aliphatic carbocycles. The molecule has 0 atom stereocenters. The van der Waals surface area contributed by atoms with Gasteiger partial charge in [-0.05, 0) is 0 Å². The third kappa shape index (κ3) is 4.47. The van der Waals surface area contributed by atoms with Gasteiger partial charge in [0, 0.05) is 17.7 Å². The smallest absolute Gasteiger partial charge is 0.394 e. The second-order valence-electron chi connectivity index (χ2n) is 4.75. The number of rotatable bonds is 1. The van der Waals surface area contributed by atoms with Crippen LogP contribution in [0.4, 0.5) is 0 Å². The molecular weight excluding hydrogens is 356 g/mol. The van der Waals surface area contributed by atoms with Gasteiger partial charge in [-0.25, -0.2) is 0 Å². The van der Waals surface area contributed by atoms with Gasteiger partial charge in [-0.3, -0.25) is 13.9 Å². The molecule has 0 fully saturated rings. The van der Waals surface area contributed by atoms with Gasteiger partial charge >= 0.3 is 10.4 Å². The van der Waals surface area contributed by atoms with Crippen LogP contribution in [0.1, 0.15) is 0 Å². The monoisotopic (exact) mass is 368 g/mol. The Hall–Kier alpha value is -3.08. The van der Waals surface area contributed by atoms with E-state index in [9.17, 15) is 20.1 Å². The first kappa shape index (κ1) is 18.3. The quantitative estimate of drug-likeness (QED) is 0.318. The highest BCUT2D eigenvalue weighted by atomic mass is 32.3. The number of phenols is 3. The van der Waals surface area contributed by atoms with E-state index in [1.807, 2.05) is 6.07 Å². The van der Waals surface area contributed by atoms with Gasteiger partial charge in [-0.15, -0.1) is 0 Å². The van der Waals surface area contributed by atoms with Crippen LogP contribution in [0, 0.1) is 0 Å². The molecule has 1 heterocycles. The molecule has 0 aliphatic rings. The van der Waals surface area contributed by atoms with Crippen molar-refractivity contribution < 1.29 is 37.3 Å². The minimum atomic E-state index is -4.67. The SMILES string of the molecule is O=S(=O)(O)O.O=c1cc(-c2ccccc2)oc2cc(O)c(O)c(O)c12. The molecule has 0 bridgehead atoms. The van der Waals surface area contributed by atoms with Crippen molar-refractivity contribution in [3.63, 3.8) is 0 Å². The van der Waals surface area contributed by atoms with Crippen molar-refractivity contribution in [1.82, 2.24) is 0 Å². The van der Waals surface area contributed by atoms with Crippen molar-refractivity contribution >= 4 is 21.4 Å². The second kappa shape index (κ2) is 6.81. The van der Waals surface area contributed by atoms with E-state index in [4.69, 9.17) is 21.9 Å². The van der Waals surface area contributed by atoms with Crippen LogP contribution in [0.2, 0.25) is 0 Å². The van der Waals surface area contributed by atoms with Gasteiger partial charge in [0.05, 0.1) is 0 Å². The first-order chi connectivity index (χ1) is 11.6. The molecule has 0 aliphatic heterocycles. The predicted molar refractivity (Wildman–Crippen MR) is 87.1 cm³/mol. The zero-order valence-electron chi connectivity index (χ0n) is 12.3. The summed E-state index contributed by atoms with van der Waals surface area (Å²) in [6.45, 7) is 0. The van der Waals surface area contributed by atoms with Crippen LogP contribution in [0.5, 0.6) is 17.2 Å². The summed E-state index contributed by atoms with van der Waals surface area (Å²) in [6.07, 6.45) is 0. The molecule has 3 rings (SSSR count). The van der Waals surface area contributed by atoms with Crippen LogP contribution in [-0.4, -0.2) is 32.8 Å². The molecule has 0 saturated carbocycles. The van der Waals surface area contributed by atoms with Crippen molar-refractivity contribution in [1.29, 1.82) is 0 Å². The van der Waals surface area contributed by atoms with Crippen LogP contribution in [0.3, 0.4) is 0 Å². The van der Waals surface area contributed by atoms with E-state index in [2.05, 4.69) is 0 Å². The molecule has 0 spiro atoms. The Labute approximate surface area is 140 Å². The minimum Gasteiger partial charge on any atom is -0.504 e. The summed E-state index contributed by atoms with van der Waals surface area (Å²) in [7, 11) is -4.67. The Morgan fingerprint density at radius 3 is 2.00 bits per heavy atom. The molecule has 0 saturated heterocycles. The van der Waals surface area contributed by atoms with Crippen LogP contribution < -0.4 is 5.43 Å². The summed E-state index contributed by atoms with van der Waals surface area (Å²) >= 11 is 0. The average Bonchev–Trinajstić information content (AvgIpc) is 2.51. The van der Waals surface area contributed by atoms with Crippen LogP contribution in [-0.2, 0) is 10.4 Å². The lowest BCUT2D eigenvalue weighted by molar-refractivity contribution is 0.370. The fourth-order valence-corrected chi connectivity index (χ4v) is 2.02. The van der Waals surface area contributed by atoms with E-state index < -0.39 is 33.1 Å². The summed E-state index contributed by atoms with van der Waals surface area (Å²) in [5.74, 6) is -1.67. The molecular formula is C15H12O9S. The van der Waals surface area contributed by atoms with E-state index in [0.717, 1.165) is 6.07 Å². The molecule has 9 nitrogen and oxygen atoms in total. The highest BCUT2D eigenvalue weighted by molar-refractivity contribution is 7.79. The molecule has 0 unspecified atom stereocenters. The molecule has 132 valence electrons. The maximum absolute atomic E-state index is 12.0. The van der Waals surface area contributed by atoms with Crippen molar-refractivity contribution in [2.75, 3.05) is 0 Å². The predicted octanol–water partition coefficient (Wildman–Crippen LogP) is 1.92. The third-order valence-corrected chi connectivity index (χ3v) is 3.00. The Morgan fingerprint density at radius 1 is 0.880 bits per heavy atom. The standard InChI is InChI=1S/C15H10O5.H2O4S/c16-9-6-11(8-4-2-1-3-5-8)20-12-7-10(17)14(18)15(19)13(9)12;1-5(2,3)4/h1-7,17-19H;(H2,1,2,3,4). The average molecular weight is 368 g/mol. The van der Waals surface area contributed by atoms with Gasteiger partial charge < -0.3 is 19.7 Å². The van der Waals surface area contributed by atoms with Crippen molar-refractivity contribution in [2.24, 2.45) is 0 Å². The first-order valence-corrected chi connectivity index (χ1v) is 7.94. The Morgan fingerprint density at radius 2 is 1.44 bits per heavy atom. The summed E-state index contributed by atoms with van der Waals surface area (Å²) in [5.41, 5.74) is 0.195. The lowest BCUT2D eigenvalue weighted by Gasteiger charge is -2.06. The summed E-state index contributed by atoms with van der Waals surface area (Å²) in [4.78, 5) is 12.0. The molecule has 10 heteroatoms. The van der Waals surface area contributed by atoms with E-state index in [-0.39, 0.29) is 11.0 Å². The molecule has 25 heavy (non-hydrogen) atoms. The largest absolute Gasteiger partial charge is 0.504 e. The Kier molecular flexibility index (Phi) is 4.97. The molecule has 1 aromatic heterocycles.